The molecule has 0 bridgehead atoms. The smallest absolute Gasteiger partial charge is 0.258 e. The van der Waals surface area contributed by atoms with Crippen LogP contribution in [-0.4, -0.2) is 24.8 Å². The summed E-state index contributed by atoms with van der Waals surface area (Å²) >= 11 is 3.41. The number of nitro benzene ring substituents is 2. The van der Waals surface area contributed by atoms with Gasteiger partial charge in [0.05, 0.1) is 38.3 Å². The van der Waals surface area contributed by atoms with Gasteiger partial charge in [0.25, 0.3) is 11.4 Å². The molecule has 1 atom stereocenters. The predicted octanol–water partition coefficient (Wildman–Crippen LogP) is 2.93. The van der Waals surface area contributed by atoms with E-state index in [1.807, 2.05) is 6.92 Å². The Labute approximate surface area is 127 Å². The SMILES string of the molecule is CCC(Br)c1cn(-c2cc([N+](=O)[O-])cc([N+](=O)[O-])c2)nn1. The topological polar surface area (TPSA) is 117 Å². The molecule has 2 rings (SSSR count). The summed E-state index contributed by atoms with van der Waals surface area (Å²) in [5, 5.41) is 29.5. The lowest BCUT2D eigenvalue weighted by molar-refractivity contribution is -0.394. The van der Waals surface area contributed by atoms with E-state index in [9.17, 15) is 20.2 Å². The summed E-state index contributed by atoms with van der Waals surface area (Å²) in [5.74, 6) is 0. The van der Waals surface area contributed by atoms with E-state index < -0.39 is 9.85 Å². The first-order valence-electron chi connectivity index (χ1n) is 5.93. The molecule has 1 heterocycles. The molecule has 1 aromatic heterocycles. The summed E-state index contributed by atoms with van der Waals surface area (Å²) < 4.78 is 1.28. The van der Waals surface area contributed by atoms with Crippen molar-refractivity contribution in [2.75, 3.05) is 0 Å². The Bertz CT molecular complexity index is 669. The molecule has 0 fully saturated rings. The number of rotatable bonds is 5. The van der Waals surface area contributed by atoms with Crippen molar-refractivity contribution in [1.29, 1.82) is 0 Å². The monoisotopic (exact) mass is 355 g/mol. The molecule has 9 nitrogen and oxygen atoms in total. The Morgan fingerprint density at radius 1 is 1.24 bits per heavy atom. The highest BCUT2D eigenvalue weighted by atomic mass is 79.9. The van der Waals surface area contributed by atoms with Gasteiger partial charge >= 0.3 is 0 Å². The van der Waals surface area contributed by atoms with Gasteiger partial charge in [-0.2, -0.15) is 0 Å². The third kappa shape index (κ3) is 3.21. The standard InChI is InChI=1S/C11H10BrN5O4/c1-2-10(12)11-6-15(14-13-11)7-3-8(16(18)19)5-9(4-7)17(20)21/h3-6,10H,2H2,1H3. The molecular weight excluding hydrogens is 346 g/mol. The normalized spacial score (nSPS) is 12.1. The van der Waals surface area contributed by atoms with Gasteiger partial charge in [0.15, 0.2) is 0 Å². The van der Waals surface area contributed by atoms with Crippen molar-refractivity contribution in [1.82, 2.24) is 15.0 Å². The van der Waals surface area contributed by atoms with Crippen LogP contribution in [0.3, 0.4) is 0 Å². The number of nitrogens with zero attached hydrogens (tertiary/aromatic N) is 5. The maximum Gasteiger partial charge on any atom is 0.278 e. The highest BCUT2D eigenvalue weighted by Gasteiger charge is 2.18. The minimum absolute atomic E-state index is 0.0000612. The second-order valence-electron chi connectivity index (χ2n) is 4.19. The Kier molecular flexibility index (Phi) is 4.26. The lowest BCUT2D eigenvalue weighted by Gasteiger charge is -2.01. The van der Waals surface area contributed by atoms with E-state index in [2.05, 4.69) is 26.2 Å². The number of aromatic nitrogens is 3. The quantitative estimate of drug-likeness (QED) is 0.462. The summed E-state index contributed by atoms with van der Waals surface area (Å²) in [6.07, 6.45) is 2.36. The molecule has 0 saturated heterocycles. The Balaban J connectivity index is 2.50. The largest absolute Gasteiger partial charge is 0.278 e. The van der Waals surface area contributed by atoms with Gasteiger partial charge in [0.1, 0.15) is 0 Å². The van der Waals surface area contributed by atoms with Crippen molar-refractivity contribution in [3.63, 3.8) is 0 Å². The summed E-state index contributed by atoms with van der Waals surface area (Å²) in [7, 11) is 0. The van der Waals surface area contributed by atoms with Crippen LogP contribution >= 0.6 is 15.9 Å². The van der Waals surface area contributed by atoms with Crippen LogP contribution in [0.1, 0.15) is 23.9 Å². The van der Waals surface area contributed by atoms with Crippen LogP contribution in [-0.2, 0) is 0 Å². The summed E-state index contributed by atoms with van der Waals surface area (Å²) in [4.78, 5) is 20.3. The van der Waals surface area contributed by atoms with E-state index in [0.717, 1.165) is 12.5 Å². The molecule has 21 heavy (non-hydrogen) atoms. The van der Waals surface area contributed by atoms with Crippen molar-refractivity contribution in [2.45, 2.75) is 18.2 Å². The van der Waals surface area contributed by atoms with E-state index >= 15 is 0 Å². The van der Waals surface area contributed by atoms with E-state index in [0.29, 0.717) is 5.69 Å². The Morgan fingerprint density at radius 3 is 2.29 bits per heavy atom. The maximum atomic E-state index is 10.8. The zero-order valence-corrected chi connectivity index (χ0v) is 12.4. The zero-order chi connectivity index (χ0) is 15.6. The van der Waals surface area contributed by atoms with Gasteiger partial charge in [-0.05, 0) is 6.42 Å². The van der Waals surface area contributed by atoms with E-state index in [1.54, 1.807) is 6.20 Å². The van der Waals surface area contributed by atoms with Gasteiger partial charge in [-0.1, -0.05) is 28.1 Å². The first kappa shape index (κ1) is 15.0. The van der Waals surface area contributed by atoms with Gasteiger partial charge in [-0.3, -0.25) is 20.2 Å². The van der Waals surface area contributed by atoms with Crippen LogP contribution in [0.15, 0.2) is 24.4 Å². The lowest BCUT2D eigenvalue weighted by atomic mass is 10.2. The van der Waals surface area contributed by atoms with Gasteiger partial charge in [0, 0.05) is 12.1 Å². The number of hydrogen-bond donors (Lipinski definition) is 0. The van der Waals surface area contributed by atoms with Crippen LogP contribution in [0, 0.1) is 20.2 Å². The van der Waals surface area contributed by atoms with Gasteiger partial charge in [-0.25, -0.2) is 4.68 Å². The van der Waals surface area contributed by atoms with Gasteiger partial charge < -0.3 is 0 Å². The molecule has 0 saturated carbocycles. The molecule has 0 N–H and O–H groups in total. The van der Waals surface area contributed by atoms with Crippen molar-refractivity contribution in [2.24, 2.45) is 0 Å². The fourth-order valence-corrected chi connectivity index (χ4v) is 1.89. The molecule has 1 unspecified atom stereocenters. The average Bonchev–Trinajstić information content (AvgIpc) is 2.95. The second-order valence-corrected chi connectivity index (χ2v) is 5.29. The number of halogens is 1. The van der Waals surface area contributed by atoms with E-state index in [4.69, 9.17) is 0 Å². The number of non-ortho nitro benzene ring substituents is 2. The van der Waals surface area contributed by atoms with Crippen LogP contribution in [0.2, 0.25) is 0 Å². The molecule has 0 amide bonds. The fourth-order valence-electron chi connectivity index (χ4n) is 1.68. The number of benzene rings is 1. The Hall–Kier alpha value is -2.36. The van der Waals surface area contributed by atoms with Crippen LogP contribution in [0.5, 0.6) is 0 Å². The molecule has 1 aromatic carbocycles. The molecular formula is C11H10BrN5O4. The van der Waals surface area contributed by atoms with Gasteiger partial charge in [-0.15, -0.1) is 5.10 Å². The molecule has 2 aromatic rings. The van der Waals surface area contributed by atoms with Crippen molar-refractivity contribution in [3.8, 4) is 5.69 Å². The summed E-state index contributed by atoms with van der Waals surface area (Å²) in [6.45, 7) is 1.95. The van der Waals surface area contributed by atoms with Crippen molar-refractivity contribution in [3.05, 3.63) is 50.3 Å². The number of hydrogen-bond acceptors (Lipinski definition) is 6. The summed E-state index contributed by atoms with van der Waals surface area (Å²) in [6, 6.07) is 3.32. The maximum absolute atomic E-state index is 10.8. The van der Waals surface area contributed by atoms with Crippen molar-refractivity contribution >= 4 is 27.3 Å². The lowest BCUT2D eigenvalue weighted by Crippen LogP contribution is -1.99. The van der Waals surface area contributed by atoms with Crippen molar-refractivity contribution < 1.29 is 9.85 Å². The molecule has 110 valence electrons. The molecule has 0 spiro atoms. The highest BCUT2D eigenvalue weighted by molar-refractivity contribution is 9.09. The molecule has 0 aliphatic carbocycles. The van der Waals surface area contributed by atoms with E-state index in [1.165, 1.54) is 16.8 Å². The first-order valence-corrected chi connectivity index (χ1v) is 6.84. The number of alkyl halides is 1. The van der Waals surface area contributed by atoms with Gasteiger partial charge in [0.2, 0.25) is 0 Å². The minimum atomic E-state index is -0.687. The third-order valence-corrected chi connectivity index (χ3v) is 3.88. The Morgan fingerprint density at radius 2 is 1.81 bits per heavy atom. The molecule has 0 aliphatic heterocycles. The predicted molar refractivity (Wildman–Crippen MR) is 76.6 cm³/mol. The van der Waals surface area contributed by atoms with Crippen LogP contribution < -0.4 is 0 Å². The highest BCUT2D eigenvalue weighted by Crippen LogP contribution is 2.27. The minimum Gasteiger partial charge on any atom is -0.258 e. The zero-order valence-electron chi connectivity index (χ0n) is 10.8. The summed E-state index contributed by atoms with van der Waals surface area (Å²) in [5.41, 5.74) is 0.112. The van der Waals surface area contributed by atoms with Crippen LogP contribution in [0.25, 0.3) is 5.69 Å². The number of nitro groups is 2. The second kappa shape index (κ2) is 5.95. The molecule has 0 aliphatic rings. The molecule has 0 radical (unpaired) electrons. The average molecular weight is 356 g/mol. The fraction of sp³-hybridized carbons (Fsp3) is 0.273. The van der Waals surface area contributed by atoms with E-state index in [-0.39, 0.29) is 21.9 Å². The molecule has 10 heteroatoms. The third-order valence-electron chi connectivity index (χ3n) is 2.76. The first-order chi connectivity index (χ1) is 9.92. The van der Waals surface area contributed by atoms with Crippen LogP contribution in [0.4, 0.5) is 11.4 Å².